The van der Waals surface area contributed by atoms with Crippen LogP contribution < -0.4 is 5.43 Å². The number of aromatic nitrogens is 1. The fourth-order valence-corrected chi connectivity index (χ4v) is 2.87. The van der Waals surface area contributed by atoms with Gasteiger partial charge in [-0.3, -0.25) is 4.79 Å². The van der Waals surface area contributed by atoms with Crippen molar-refractivity contribution in [3.63, 3.8) is 0 Å². The minimum absolute atomic E-state index is 0.0261. The zero-order valence-corrected chi connectivity index (χ0v) is 11.9. The Bertz CT molecular complexity index is 916. The van der Waals surface area contributed by atoms with Gasteiger partial charge in [-0.2, -0.15) is 0 Å². The van der Waals surface area contributed by atoms with Gasteiger partial charge in [-0.05, 0) is 19.3 Å². The molecule has 0 aliphatic heterocycles. The second-order valence-corrected chi connectivity index (χ2v) is 5.39. The number of hydrogen-bond acceptors (Lipinski definition) is 2. The van der Waals surface area contributed by atoms with Gasteiger partial charge < -0.3 is 9.67 Å². The minimum Gasteiger partial charge on any atom is -0.477 e. The standard InChI is InChI=1S/C15H11F4NO3/c1-2-6-7(15(22)23)14(21)8-9(16)10(17)11(18)12(19)13(8)20(6)5-3-4-5/h5H,2-4H2,1H3,(H,22,23). The van der Waals surface area contributed by atoms with Crippen molar-refractivity contribution in [3.05, 3.63) is 44.7 Å². The Hall–Kier alpha value is -2.38. The largest absolute Gasteiger partial charge is 0.477 e. The Labute approximate surface area is 127 Å². The lowest BCUT2D eigenvalue weighted by molar-refractivity contribution is 0.0693. The first kappa shape index (κ1) is 15.5. The van der Waals surface area contributed by atoms with Gasteiger partial charge in [-0.15, -0.1) is 0 Å². The summed E-state index contributed by atoms with van der Waals surface area (Å²) in [5.41, 5.74) is -2.83. The van der Waals surface area contributed by atoms with E-state index in [-0.39, 0.29) is 18.2 Å². The molecule has 3 rings (SSSR count). The second-order valence-electron chi connectivity index (χ2n) is 5.39. The van der Waals surface area contributed by atoms with E-state index in [4.69, 9.17) is 0 Å². The fraction of sp³-hybridized carbons (Fsp3) is 0.333. The van der Waals surface area contributed by atoms with Gasteiger partial charge in [0.15, 0.2) is 23.3 Å². The van der Waals surface area contributed by atoms with Gasteiger partial charge in [-0.1, -0.05) is 6.92 Å². The first-order chi connectivity index (χ1) is 10.8. The maximum Gasteiger partial charge on any atom is 0.341 e. The van der Waals surface area contributed by atoms with Crippen molar-refractivity contribution in [2.45, 2.75) is 32.2 Å². The van der Waals surface area contributed by atoms with Gasteiger partial charge in [0, 0.05) is 11.7 Å². The van der Waals surface area contributed by atoms with Crippen LogP contribution >= 0.6 is 0 Å². The molecule has 2 aromatic rings. The Morgan fingerprint density at radius 2 is 1.70 bits per heavy atom. The maximum absolute atomic E-state index is 14.2. The highest BCUT2D eigenvalue weighted by molar-refractivity contribution is 5.94. The number of aromatic carboxylic acids is 1. The van der Waals surface area contributed by atoms with Crippen LogP contribution in [0.4, 0.5) is 17.6 Å². The molecule has 1 aliphatic carbocycles. The number of rotatable bonds is 3. The van der Waals surface area contributed by atoms with E-state index in [0.717, 1.165) is 4.57 Å². The van der Waals surface area contributed by atoms with Crippen molar-refractivity contribution >= 4 is 16.9 Å². The van der Waals surface area contributed by atoms with Crippen molar-refractivity contribution < 1.29 is 27.5 Å². The van der Waals surface area contributed by atoms with E-state index in [1.54, 1.807) is 6.92 Å². The summed E-state index contributed by atoms with van der Waals surface area (Å²) in [6.45, 7) is 1.54. The van der Waals surface area contributed by atoms with Crippen molar-refractivity contribution in [2.24, 2.45) is 0 Å². The lowest BCUT2D eigenvalue weighted by Crippen LogP contribution is -2.26. The molecule has 23 heavy (non-hydrogen) atoms. The van der Waals surface area contributed by atoms with E-state index in [1.807, 2.05) is 0 Å². The van der Waals surface area contributed by atoms with E-state index in [1.165, 1.54) is 0 Å². The minimum atomic E-state index is -2.13. The van der Waals surface area contributed by atoms with E-state index >= 15 is 0 Å². The summed E-state index contributed by atoms with van der Waals surface area (Å²) in [5, 5.41) is 8.18. The van der Waals surface area contributed by atoms with Gasteiger partial charge in [-0.25, -0.2) is 22.4 Å². The normalized spacial score (nSPS) is 14.5. The summed E-state index contributed by atoms with van der Waals surface area (Å²) in [7, 11) is 0. The molecule has 1 heterocycles. The van der Waals surface area contributed by atoms with E-state index in [9.17, 15) is 32.3 Å². The Morgan fingerprint density at radius 3 is 2.17 bits per heavy atom. The topological polar surface area (TPSA) is 59.3 Å². The van der Waals surface area contributed by atoms with Gasteiger partial charge in [0.05, 0.1) is 10.9 Å². The highest BCUT2D eigenvalue weighted by atomic mass is 19.2. The average molecular weight is 329 g/mol. The third-order valence-corrected chi connectivity index (χ3v) is 3.98. The number of halogens is 4. The number of nitrogens with zero attached hydrogens (tertiary/aromatic N) is 1. The third-order valence-electron chi connectivity index (χ3n) is 3.98. The van der Waals surface area contributed by atoms with Gasteiger partial charge in [0.25, 0.3) is 0 Å². The molecule has 1 saturated carbocycles. The zero-order chi connectivity index (χ0) is 17.0. The molecule has 0 spiro atoms. The number of fused-ring (bicyclic) bond motifs is 1. The van der Waals surface area contributed by atoms with Crippen molar-refractivity contribution in [1.29, 1.82) is 0 Å². The first-order valence-electron chi connectivity index (χ1n) is 6.97. The SMILES string of the molecule is CCc1c(C(=O)O)c(=O)c2c(F)c(F)c(F)c(F)c2n1C1CC1. The Balaban J connectivity index is 2.67. The highest BCUT2D eigenvalue weighted by Gasteiger charge is 2.35. The predicted molar refractivity (Wildman–Crippen MR) is 72.6 cm³/mol. The number of pyridine rings is 1. The molecule has 0 unspecified atom stereocenters. The zero-order valence-electron chi connectivity index (χ0n) is 11.9. The lowest BCUT2D eigenvalue weighted by Gasteiger charge is -2.19. The van der Waals surface area contributed by atoms with Crippen LogP contribution in [-0.4, -0.2) is 15.6 Å². The molecule has 0 saturated heterocycles. The van der Waals surface area contributed by atoms with E-state index in [0.29, 0.717) is 12.8 Å². The van der Waals surface area contributed by atoms with Crippen LogP contribution in [0.5, 0.6) is 0 Å². The lowest BCUT2D eigenvalue weighted by atomic mass is 10.0. The van der Waals surface area contributed by atoms with Crippen LogP contribution in [0.25, 0.3) is 10.9 Å². The predicted octanol–water partition coefficient (Wildman–Crippen LogP) is 3.15. The summed E-state index contributed by atoms with van der Waals surface area (Å²) in [6, 6.07) is -0.370. The number of carboxylic acids is 1. The molecule has 1 fully saturated rings. The fourth-order valence-electron chi connectivity index (χ4n) is 2.87. The molecular formula is C15H11F4NO3. The van der Waals surface area contributed by atoms with Gasteiger partial charge in [0.1, 0.15) is 5.56 Å². The quantitative estimate of drug-likeness (QED) is 0.535. The summed E-state index contributed by atoms with van der Waals surface area (Å²) in [4.78, 5) is 23.7. The van der Waals surface area contributed by atoms with E-state index in [2.05, 4.69) is 0 Å². The van der Waals surface area contributed by atoms with Crippen LogP contribution in [0.3, 0.4) is 0 Å². The van der Waals surface area contributed by atoms with Crippen LogP contribution in [0.15, 0.2) is 4.79 Å². The van der Waals surface area contributed by atoms with Crippen molar-refractivity contribution in [2.75, 3.05) is 0 Å². The molecule has 122 valence electrons. The molecule has 0 bridgehead atoms. The monoisotopic (exact) mass is 329 g/mol. The third kappa shape index (κ3) is 2.04. The Kier molecular flexibility index (Phi) is 3.42. The molecule has 1 N–H and O–H groups in total. The molecule has 8 heteroatoms. The van der Waals surface area contributed by atoms with Crippen LogP contribution in [0, 0.1) is 23.3 Å². The maximum atomic E-state index is 14.2. The molecule has 4 nitrogen and oxygen atoms in total. The van der Waals surface area contributed by atoms with E-state index < -0.39 is 51.1 Å². The molecule has 1 aromatic carbocycles. The molecule has 1 aromatic heterocycles. The molecule has 0 amide bonds. The summed E-state index contributed by atoms with van der Waals surface area (Å²) in [5.74, 6) is -9.32. The number of carboxylic acid groups (broad SMARTS) is 1. The smallest absolute Gasteiger partial charge is 0.341 e. The molecular weight excluding hydrogens is 318 g/mol. The first-order valence-corrected chi connectivity index (χ1v) is 6.97. The number of hydrogen-bond donors (Lipinski definition) is 1. The Morgan fingerprint density at radius 1 is 1.13 bits per heavy atom. The summed E-state index contributed by atoms with van der Waals surface area (Å²) in [6.07, 6.45) is 1.14. The number of carbonyl (C=O) groups is 1. The molecule has 0 atom stereocenters. The van der Waals surface area contributed by atoms with Gasteiger partial charge >= 0.3 is 5.97 Å². The highest BCUT2D eigenvalue weighted by Crippen LogP contribution is 2.40. The number of benzene rings is 1. The van der Waals surface area contributed by atoms with Crippen LogP contribution in [-0.2, 0) is 6.42 Å². The van der Waals surface area contributed by atoms with Crippen molar-refractivity contribution in [3.8, 4) is 0 Å². The van der Waals surface area contributed by atoms with Crippen LogP contribution in [0.1, 0.15) is 41.9 Å². The van der Waals surface area contributed by atoms with Crippen LogP contribution in [0.2, 0.25) is 0 Å². The van der Waals surface area contributed by atoms with Gasteiger partial charge in [0.2, 0.25) is 5.43 Å². The summed E-state index contributed by atoms with van der Waals surface area (Å²) < 4.78 is 56.5. The summed E-state index contributed by atoms with van der Waals surface area (Å²) >= 11 is 0. The molecule has 1 aliphatic rings. The second kappa shape index (κ2) is 5.07. The average Bonchev–Trinajstić information content (AvgIpc) is 3.33. The van der Waals surface area contributed by atoms with Crippen molar-refractivity contribution in [1.82, 2.24) is 4.57 Å². The molecule has 0 radical (unpaired) electrons.